The Kier molecular flexibility index (Phi) is 4.72. The zero-order valence-corrected chi connectivity index (χ0v) is 9.83. The van der Waals surface area contributed by atoms with Crippen molar-refractivity contribution in [2.75, 3.05) is 20.3 Å². The van der Waals surface area contributed by atoms with Gasteiger partial charge in [-0.25, -0.2) is 13.1 Å². The molecule has 5 nitrogen and oxygen atoms in total. The van der Waals surface area contributed by atoms with Crippen LogP contribution in [0.5, 0.6) is 5.75 Å². The van der Waals surface area contributed by atoms with Gasteiger partial charge in [0, 0.05) is 20.3 Å². The van der Waals surface area contributed by atoms with Crippen LogP contribution in [-0.2, 0) is 14.8 Å². The maximum Gasteiger partial charge on any atom is 0.240 e. The molecule has 6 heteroatoms. The molecule has 0 spiro atoms. The summed E-state index contributed by atoms with van der Waals surface area (Å²) < 4.78 is 30.6. The molecule has 90 valence electrons. The molecule has 0 atom stereocenters. The third-order valence-electron chi connectivity index (χ3n) is 1.95. The number of phenols is 1. The molecule has 0 fully saturated rings. The van der Waals surface area contributed by atoms with E-state index in [9.17, 15) is 13.5 Å². The van der Waals surface area contributed by atoms with Gasteiger partial charge in [0.2, 0.25) is 10.0 Å². The van der Waals surface area contributed by atoms with E-state index in [1.807, 2.05) is 0 Å². The zero-order valence-electron chi connectivity index (χ0n) is 9.01. The van der Waals surface area contributed by atoms with Crippen molar-refractivity contribution in [3.05, 3.63) is 24.3 Å². The molecular weight excluding hydrogens is 230 g/mol. The highest BCUT2D eigenvalue weighted by Crippen LogP contribution is 2.15. The van der Waals surface area contributed by atoms with Crippen LogP contribution in [0.1, 0.15) is 6.42 Å². The lowest BCUT2D eigenvalue weighted by molar-refractivity contribution is 0.196. The van der Waals surface area contributed by atoms with Crippen molar-refractivity contribution >= 4 is 10.0 Å². The highest BCUT2D eigenvalue weighted by atomic mass is 32.2. The second-order valence-corrected chi connectivity index (χ2v) is 5.01. The summed E-state index contributed by atoms with van der Waals surface area (Å²) >= 11 is 0. The molecule has 0 aliphatic carbocycles. The molecule has 0 aliphatic heterocycles. The minimum Gasteiger partial charge on any atom is -0.508 e. The van der Waals surface area contributed by atoms with Gasteiger partial charge in [-0.05, 0) is 24.6 Å². The highest BCUT2D eigenvalue weighted by Gasteiger charge is 2.13. The minimum absolute atomic E-state index is 0.0601. The van der Waals surface area contributed by atoms with E-state index in [-0.39, 0.29) is 10.6 Å². The predicted molar refractivity (Wildman–Crippen MR) is 59.8 cm³/mol. The lowest BCUT2D eigenvalue weighted by Gasteiger charge is -2.06. The van der Waals surface area contributed by atoms with Gasteiger partial charge >= 0.3 is 0 Å². The highest BCUT2D eigenvalue weighted by molar-refractivity contribution is 7.89. The second-order valence-electron chi connectivity index (χ2n) is 3.24. The van der Waals surface area contributed by atoms with Crippen molar-refractivity contribution in [2.45, 2.75) is 11.3 Å². The van der Waals surface area contributed by atoms with Gasteiger partial charge in [-0.15, -0.1) is 0 Å². The van der Waals surface area contributed by atoms with Crippen LogP contribution in [0.15, 0.2) is 29.2 Å². The second kappa shape index (κ2) is 5.83. The van der Waals surface area contributed by atoms with Crippen molar-refractivity contribution in [3.63, 3.8) is 0 Å². The Morgan fingerprint density at radius 1 is 1.44 bits per heavy atom. The molecule has 0 radical (unpaired) electrons. The van der Waals surface area contributed by atoms with Crippen LogP contribution in [0.25, 0.3) is 0 Å². The topological polar surface area (TPSA) is 75.6 Å². The van der Waals surface area contributed by atoms with E-state index < -0.39 is 10.0 Å². The van der Waals surface area contributed by atoms with Crippen molar-refractivity contribution in [1.82, 2.24) is 4.72 Å². The average molecular weight is 245 g/mol. The minimum atomic E-state index is -3.53. The normalized spacial score (nSPS) is 11.6. The molecule has 0 bridgehead atoms. The number of hydrogen-bond donors (Lipinski definition) is 2. The summed E-state index contributed by atoms with van der Waals surface area (Å²) in [4.78, 5) is 0.0601. The van der Waals surface area contributed by atoms with Crippen LogP contribution >= 0.6 is 0 Å². The summed E-state index contributed by atoms with van der Waals surface area (Å²) in [5.41, 5.74) is 0. The molecule has 0 aliphatic rings. The van der Waals surface area contributed by atoms with Gasteiger partial charge in [-0.1, -0.05) is 6.07 Å². The van der Waals surface area contributed by atoms with Crippen molar-refractivity contribution in [1.29, 1.82) is 0 Å². The Hall–Kier alpha value is -1.11. The van der Waals surface area contributed by atoms with Gasteiger partial charge in [-0.2, -0.15) is 0 Å². The molecule has 16 heavy (non-hydrogen) atoms. The first-order valence-corrected chi connectivity index (χ1v) is 6.32. The smallest absolute Gasteiger partial charge is 0.240 e. The third-order valence-corrected chi connectivity index (χ3v) is 3.40. The summed E-state index contributed by atoms with van der Waals surface area (Å²) in [7, 11) is -1.97. The van der Waals surface area contributed by atoms with Gasteiger partial charge in [0.1, 0.15) is 5.75 Å². The number of phenolic OH excluding ortho intramolecular Hbond substituents is 1. The standard InChI is InChI=1S/C10H15NO4S/c1-15-7-3-6-11-16(13,14)10-5-2-4-9(12)8-10/h2,4-5,8,11-12H,3,6-7H2,1H3. The molecule has 0 heterocycles. The van der Waals surface area contributed by atoms with E-state index in [0.717, 1.165) is 0 Å². The number of ether oxygens (including phenoxy) is 1. The first kappa shape index (κ1) is 13.0. The third kappa shape index (κ3) is 3.80. The Bertz CT molecular complexity index is 430. The number of aromatic hydroxyl groups is 1. The number of nitrogens with one attached hydrogen (secondary N) is 1. The largest absolute Gasteiger partial charge is 0.508 e. The van der Waals surface area contributed by atoms with Crippen LogP contribution < -0.4 is 4.72 Å². The maximum absolute atomic E-state index is 11.7. The number of rotatable bonds is 6. The van der Waals surface area contributed by atoms with E-state index >= 15 is 0 Å². The van der Waals surface area contributed by atoms with Crippen LogP contribution in [0, 0.1) is 0 Å². The van der Waals surface area contributed by atoms with E-state index in [1.54, 1.807) is 7.11 Å². The van der Waals surface area contributed by atoms with Crippen molar-refractivity contribution in [2.24, 2.45) is 0 Å². The number of benzene rings is 1. The monoisotopic (exact) mass is 245 g/mol. The summed E-state index contributed by atoms with van der Waals surface area (Å²) in [5, 5.41) is 9.17. The SMILES string of the molecule is COCCCNS(=O)(=O)c1cccc(O)c1. The molecular formula is C10H15NO4S. The predicted octanol–water partition coefficient (Wildman–Crippen LogP) is 0.707. The summed E-state index contributed by atoms with van der Waals surface area (Å²) in [6, 6.07) is 5.54. The zero-order chi connectivity index (χ0) is 12.0. The van der Waals surface area contributed by atoms with Crippen LogP contribution in [0.2, 0.25) is 0 Å². The maximum atomic E-state index is 11.7. The quantitative estimate of drug-likeness (QED) is 0.724. The Morgan fingerprint density at radius 3 is 2.81 bits per heavy atom. The van der Waals surface area contributed by atoms with E-state index in [2.05, 4.69) is 4.72 Å². The van der Waals surface area contributed by atoms with E-state index in [1.165, 1.54) is 24.3 Å². The lowest BCUT2D eigenvalue weighted by Crippen LogP contribution is -2.25. The van der Waals surface area contributed by atoms with Crippen LogP contribution in [0.3, 0.4) is 0 Å². The number of methoxy groups -OCH3 is 1. The summed E-state index contributed by atoms with van der Waals surface area (Å²) in [6.07, 6.45) is 0.606. The Labute approximate surface area is 95.1 Å². The molecule has 0 saturated carbocycles. The van der Waals surface area contributed by atoms with Gasteiger partial charge < -0.3 is 9.84 Å². The van der Waals surface area contributed by atoms with Crippen molar-refractivity contribution < 1.29 is 18.3 Å². The molecule has 2 N–H and O–H groups in total. The van der Waals surface area contributed by atoms with Gasteiger partial charge in [0.25, 0.3) is 0 Å². The van der Waals surface area contributed by atoms with Gasteiger partial charge in [-0.3, -0.25) is 0 Å². The number of hydrogen-bond acceptors (Lipinski definition) is 4. The molecule has 0 saturated heterocycles. The number of sulfonamides is 1. The van der Waals surface area contributed by atoms with Crippen molar-refractivity contribution in [3.8, 4) is 5.75 Å². The molecule has 1 rings (SSSR count). The summed E-state index contributed by atoms with van der Waals surface area (Å²) in [5.74, 6) is -0.0697. The first-order chi connectivity index (χ1) is 7.56. The fourth-order valence-electron chi connectivity index (χ4n) is 1.16. The average Bonchev–Trinajstić information content (AvgIpc) is 2.24. The molecule has 1 aromatic carbocycles. The molecule has 1 aromatic rings. The van der Waals surface area contributed by atoms with E-state index in [4.69, 9.17) is 4.74 Å². The van der Waals surface area contributed by atoms with Gasteiger partial charge in [0.15, 0.2) is 0 Å². The summed E-state index contributed by atoms with van der Waals surface area (Å²) in [6.45, 7) is 0.814. The first-order valence-electron chi connectivity index (χ1n) is 4.84. The lowest BCUT2D eigenvalue weighted by atomic mass is 10.3. The molecule has 0 aromatic heterocycles. The fourth-order valence-corrected chi connectivity index (χ4v) is 2.27. The molecule has 0 unspecified atom stereocenters. The Morgan fingerprint density at radius 2 is 2.19 bits per heavy atom. The van der Waals surface area contributed by atoms with Crippen LogP contribution in [-0.4, -0.2) is 33.8 Å². The van der Waals surface area contributed by atoms with Gasteiger partial charge in [0.05, 0.1) is 4.90 Å². The fraction of sp³-hybridized carbons (Fsp3) is 0.400. The van der Waals surface area contributed by atoms with Crippen LogP contribution in [0.4, 0.5) is 0 Å². The Balaban J connectivity index is 2.64. The van der Waals surface area contributed by atoms with E-state index in [0.29, 0.717) is 19.6 Å². The molecule has 0 amide bonds.